The topological polar surface area (TPSA) is 81.0 Å². The molecule has 18 heavy (non-hydrogen) atoms. The normalized spacial score (nSPS) is 11.8. The van der Waals surface area contributed by atoms with E-state index < -0.39 is 4.92 Å². The van der Waals surface area contributed by atoms with Crippen molar-refractivity contribution < 1.29 is 4.92 Å². The number of nitro groups is 1. The maximum Gasteiger partial charge on any atom is 0.363 e. The quantitative estimate of drug-likeness (QED) is 0.660. The zero-order valence-corrected chi connectivity index (χ0v) is 9.78. The van der Waals surface area contributed by atoms with Crippen LogP contribution < -0.4 is 5.32 Å². The van der Waals surface area contributed by atoms with Crippen LogP contribution in [0.2, 0.25) is 0 Å². The third-order valence-corrected chi connectivity index (χ3v) is 2.52. The van der Waals surface area contributed by atoms with Gasteiger partial charge in [0.05, 0.1) is 5.69 Å². The maximum atomic E-state index is 10.5. The minimum atomic E-state index is -0.518. The van der Waals surface area contributed by atoms with Crippen LogP contribution in [-0.2, 0) is 0 Å². The average Bonchev–Trinajstić information content (AvgIpc) is 2.40. The van der Waals surface area contributed by atoms with Crippen LogP contribution in [-0.4, -0.2) is 14.9 Å². The van der Waals surface area contributed by atoms with Crippen LogP contribution in [0.3, 0.4) is 0 Å². The Hall–Kier alpha value is -2.50. The first-order valence-electron chi connectivity index (χ1n) is 5.44. The van der Waals surface area contributed by atoms with Crippen LogP contribution in [0.25, 0.3) is 0 Å². The van der Waals surface area contributed by atoms with Crippen molar-refractivity contribution in [1.29, 1.82) is 0 Å². The van der Waals surface area contributed by atoms with Gasteiger partial charge in [0.25, 0.3) is 0 Å². The van der Waals surface area contributed by atoms with Crippen molar-refractivity contribution in [3.8, 4) is 0 Å². The van der Waals surface area contributed by atoms with Crippen molar-refractivity contribution >= 4 is 11.5 Å². The molecular formula is C12H12N4O2. The summed E-state index contributed by atoms with van der Waals surface area (Å²) in [6.07, 6.45) is 4.90. The van der Waals surface area contributed by atoms with Crippen LogP contribution in [0.5, 0.6) is 0 Å². The molecule has 0 aliphatic carbocycles. The van der Waals surface area contributed by atoms with Crippen LogP contribution in [0.1, 0.15) is 18.5 Å². The number of nitrogens with one attached hydrogen (secondary N) is 1. The number of rotatable bonds is 4. The zero-order chi connectivity index (χ0) is 13.0. The van der Waals surface area contributed by atoms with E-state index in [-0.39, 0.29) is 11.9 Å². The molecule has 0 unspecified atom stereocenters. The third kappa shape index (κ3) is 2.79. The molecule has 0 bridgehead atoms. The van der Waals surface area contributed by atoms with Crippen molar-refractivity contribution in [3.05, 3.63) is 58.5 Å². The Morgan fingerprint density at radius 1 is 1.28 bits per heavy atom. The van der Waals surface area contributed by atoms with E-state index in [1.54, 1.807) is 18.5 Å². The van der Waals surface area contributed by atoms with Gasteiger partial charge in [0, 0.05) is 24.5 Å². The Morgan fingerprint density at radius 3 is 2.56 bits per heavy atom. The molecule has 2 aromatic rings. The Morgan fingerprint density at radius 2 is 2.00 bits per heavy atom. The molecule has 2 rings (SSSR count). The van der Waals surface area contributed by atoms with E-state index in [0.29, 0.717) is 0 Å². The van der Waals surface area contributed by atoms with Gasteiger partial charge in [-0.1, -0.05) is 0 Å². The summed E-state index contributed by atoms with van der Waals surface area (Å²) < 4.78 is 0. The van der Waals surface area contributed by atoms with Gasteiger partial charge in [-0.25, -0.2) is 0 Å². The second-order valence-electron chi connectivity index (χ2n) is 3.81. The fraction of sp³-hybridized carbons (Fsp3) is 0.167. The fourth-order valence-corrected chi connectivity index (χ4v) is 1.56. The molecule has 6 nitrogen and oxygen atoms in total. The summed E-state index contributed by atoms with van der Waals surface area (Å²) in [7, 11) is 0. The summed E-state index contributed by atoms with van der Waals surface area (Å²) >= 11 is 0. The van der Waals surface area contributed by atoms with Crippen molar-refractivity contribution in [1.82, 2.24) is 9.97 Å². The van der Waals surface area contributed by atoms with Gasteiger partial charge in [0.1, 0.15) is 0 Å². The van der Waals surface area contributed by atoms with Crippen LogP contribution in [0.4, 0.5) is 11.5 Å². The largest absolute Gasteiger partial charge is 0.375 e. The highest BCUT2D eigenvalue weighted by atomic mass is 16.6. The van der Waals surface area contributed by atoms with Crippen molar-refractivity contribution in [2.24, 2.45) is 0 Å². The number of pyridine rings is 2. The van der Waals surface area contributed by atoms with Gasteiger partial charge < -0.3 is 15.4 Å². The van der Waals surface area contributed by atoms with Gasteiger partial charge >= 0.3 is 5.82 Å². The van der Waals surface area contributed by atoms with Gasteiger partial charge in [-0.15, -0.1) is 0 Å². The molecule has 92 valence electrons. The molecular weight excluding hydrogens is 232 g/mol. The fourth-order valence-electron chi connectivity index (χ4n) is 1.56. The standard InChI is InChI=1S/C12H12N4O2/c1-9(10-4-6-13-7-5-10)15-11-2-3-12(14-8-11)16(17)18/h2-9,15H,1H3/t9-/m1/s1. The van der Waals surface area contributed by atoms with Crippen molar-refractivity contribution in [3.63, 3.8) is 0 Å². The molecule has 2 aromatic heterocycles. The highest BCUT2D eigenvalue weighted by molar-refractivity contribution is 5.45. The van der Waals surface area contributed by atoms with Crippen LogP contribution >= 0.6 is 0 Å². The lowest BCUT2D eigenvalue weighted by molar-refractivity contribution is -0.389. The van der Waals surface area contributed by atoms with Gasteiger partial charge in [0.2, 0.25) is 0 Å². The Kier molecular flexibility index (Phi) is 3.47. The summed E-state index contributed by atoms with van der Waals surface area (Å²) in [5.41, 5.74) is 1.83. The van der Waals surface area contributed by atoms with Crippen molar-refractivity contribution in [2.45, 2.75) is 13.0 Å². The molecule has 0 radical (unpaired) electrons. The lowest BCUT2D eigenvalue weighted by Crippen LogP contribution is -2.07. The van der Waals surface area contributed by atoms with Gasteiger partial charge in [-0.3, -0.25) is 4.98 Å². The SMILES string of the molecule is C[C@@H](Nc1ccc([N+](=O)[O-])nc1)c1ccncc1. The minimum absolute atomic E-state index is 0.0799. The lowest BCUT2D eigenvalue weighted by atomic mass is 10.1. The molecule has 1 N–H and O–H groups in total. The molecule has 0 aliphatic rings. The summed E-state index contributed by atoms with van der Waals surface area (Å²) in [6, 6.07) is 6.92. The van der Waals surface area contributed by atoms with Crippen LogP contribution in [0.15, 0.2) is 42.9 Å². The number of aromatic nitrogens is 2. The molecule has 6 heteroatoms. The van der Waals surface area contributed by atoms with Crippen LogP contribution in [0, 0.1) is 10.1 Å². The minimum Gasteiger partial charge on any atom is -0.375 e. The first kappa shape index (κ1) is 12.0. The predicted octanol–water partition coefficient (Wildman–Crippen LogP) is 2.56. The molecule has 0 fully saturated rings. The summed E-state index contributed by atoms with van der Waals surface area (Å²) in [6.45, 7) is 2.00. The Bertz CT molecular complexity index is 528. The molecule has 0 saturated heterocycles. The smallest absolute Gasteiger partial charge is 0.363 e. The number of hydrogen-bond acceptors (Lipinski definition) is 5. The van der Waals surface area contributed by atoms with E-state index in [0.717, 1.165) is 11.3 Å². The summed E-state index contributed by atoms with van der Waals surface area (Å²) in [5.74, 6) is -0.155. The van der Waals surface area contributed by atoms with Gasteiger partial charge in [-0.2, -0.15) is 0 Å². The molecule has 0 aromatic carbocycles. The van der Waals surface area contributed by atoms with Gasteiger partial charge in [0.15, 0.2) is 6.20 Å². The Labute approximate surface area is 104 Å². The number of anilines is 1. The molecule has 0 aliphatic heterocycles. The summed E-state index contributed by atoms with van der Waals surface area (Å²) in [4.78, 5) is 17.7. The first-order valence-corrected chi connectivity index (χ1v) is 5.44. The number of hydrogen-bond donors (Lipinski definition) is 1. The Balaban J connectivity index is 2.08. The molecule has 0 saturated carbocycles. The second-order valence-corrected chi connectivity index (χ2v) is 3.81. The highest BCUT2D eigenvalue weighted by Gasteiger charge is 2.09. The second kappa shape index (κ2) is 5.22. The van der Waals surface area contributed by atoms with E-state index in [1.807, 2.05) is 19.1 Å². The highest BCUT2D eigenvalue weighted by Crippen LogP contribution is 2.19. The zero-order valence-electron chi connectivity index (χ0n) is 9.78. The molecule has 0 spiro atoms. The monoisotopic (exact) mass is 244 g/mol. The van der Waals surface area contributed by atoms with E-state index >= 15 is 0 Å². The van der Waals surface area contributed by atoms with Gasteiger partial charge in [-0.05, 0) is 40.6 Å². The van der Waals surface area contributed by atoms with Crippen molar-refractivity contribution in [2.75, 3.05) is 5.32 Å². The first-order chi connectivity index (χ1) is 8.66. The number of nitrogens with zero attached hydrogens (tertiary/aromatic N) is 3. The third-order valence-electron chi connectivity index (χ3n) is 2.52. The lowest BCUT2D eigenvalue weighted by Gasteiger charge is -2.14. The maximum absolute atomic E-state index is 10.5. The molecule has 0 amide bonds. The summed E-state index contributed by atoms with van der Waals surface area (Å²) in [5, 5.41) is 13.7. The molecule has 2 heterocycles. The predicted molar refractivity (Wildman–Crippen MR) is 67.2 cm³/mol. The van der Waals surface area contributed by atoms with E-state index in [4.69, 9.17) is 0 Å². The average molecular weight is 244 g/mol. The molecule has 1 atom stereocenters. The van der Waals surface area contributed by atoms with E-state index in [1.165, 1.54) is 12.3 Å². The van der Waals surface area contributed by atoms with E-state index in [2.05, 4.69) is 15.3 Å². The van der Waals surface area contributed by atoms with E-state index in [9.17, 15) is 10.1 Å².